The molecule has 2 heterocycles. The summed E-state index contributed by atoms with van der Waals surface area (Å²) in [6.07, 6.45) is 0.758. The SMILES string of the molecule is Cc1ccc(-c2nc(CSc3n[nH]c(=O)n3CCc3ccccc3)no2)cc1. The van der Waals surface area contributed by atoms with Crippen molar-refractivity contribution in [3.63, 3.8) is 0 Å². The van der Waals surface area contributed by atoms with Crippen molar-refractivity contribution in [2.75, 3.05) is 0 Å². The van der Waals surface area contributed by atoms with E-state index in [1.807, 2.05) is 61.5 Å². The third-order valence-electron chi connectivity index (χ3n) is 4.29. The molecule has 0 saturated heterocycles. The maximum absolute atomic E-state index is 12.1. The molecule has 0 amide bonds. The van der Waals surface area contributed by atoms with Crippen molar-refractivity contribution in [3.8, 4) is 11.5 Å². The van der Waals surface area contributed by atoms with Crippen LogP contribution in [-0.4, -0.2) is 24.9 Å². The highest BCUT2D eigenvalue weighted by atomic mass is 32.2. The van der Waals surface area contributed by atoms with E-state index in [1.54, 1.807) is 4.57 Å². The monoisotopic (exact) mass is 393 g/mol. The molecule has 0 aliphatic heterocycles. The summed E-state index contributed by atoms with van der Waals surface area (Å²) in [5, 5.41) is 11.3. The molecule has 0 bridgehead atoms. The van der Waals surface area contributed by atoms with Crippen molar-refractivity contribution in [1.82, 2.24) is 24.9 Å². The molecule has 8 heteroatoms. The first-order valence-corrected chi connectivity index (χ1v) is 9.89. The smallest absolute Gasteiger partial charge is 0.334 e. The first kappa shape index (κ1) is 18.2. The summed E-state index contributed by atoms with van der Waals surface area (Å²) < 4.78 is 6.99. The summed E-state index contributed by atoms with van der Waals surface area (Å²) >= 11 is 1.40. The van der Waals surface area contributed by atoms with Crippen molar-refractivity contribution < 1.29 is 4.52 Å². The average molecular weight is 393 g/mol. The predicted octanol–water partition coefficient (Wildman–Crippen LogP) is 3.46. The Hall–Kier alpha value is -3.13. The molecule has 0 unspecified atom stereocenters. The topological polar surface area (TPSA) is 89.6 Å². The van der Waals surface area contributed by atoms with Gasteiger partial charge in [0.25, 0.3) is 5.89 Å². The molecule has 1 N–H and O–H groups in total. The minimum Gasteiger partial charge on any atom is -0.334 e. The van der Waals surface area contributed by atoms with Gasteiger partial charge < -0.3 is 4.52 Å². The van der Waals surface area contributed by atoms with Crippen LogP contribution in [0.3, 0.4) is 0 Å². The van der Waals surface area contributed by atoms with E-state index >= 15 is 0 Å². The second-order valence-electron chi connectivity index (χ2n) is 6.37. The molecule has 0 radical (unpaired) electrons. The number of aryl methyl sites for hydroxylation is 2. The molecule has 0 aliphatic rings. The average Bonchev–Trinajstić information content (AvgIpc) is 3.33. The molecule has 0 aliphatic carbocycles. The van der Waals surface area contributed by atoms with Crippen LogP contribution in [0.5, 0.6) is 0 Å². The number of aromatic amines is 1. The van der Waals surface area contributed by atoms with Crippen LogP contribution in [0.2, 0.25) is 0 Å². The van der Waals surface area contributed by atoms with Crippen molar-refractivity contribution in [3.05, 3.63) is 82.0 Å². The number of thioether (sulfide) groups is 1. The van der Waals surface area contributed by atoms with Crippen molar-refractivity contribution >= 4 is 11.8 Å². The van der Waals surface area contributed by atoms with Crippen LogP contribution in [0.25, 0.3) is 11.5 Å². The van der Waals surface area contributed by atoms with Crippen molar-refractivity contribution in [2.24, 2.45) is 0 Å². The number of aromatic nitrogens is 5. The Labute approximate surface area is 165 Å². The highest BCUT2D eigenvalue weighted by Crippen LogP contribution is 2.22. The van der Waals surface area contributed by atoms with Crippen LogP contribution in [0, 0.1) is 6.92 Å². The van der Waals surface area contributed by atoms with Gasteiger partial charge in [0.2, 0.25) is 0 Å². The molecule has 0 fully saturated rings. The molecule has 0 spiro atoms. The summed E-state index contributed by atoms with van der Waals surface area (Å²) in [5.41, 5.74) is 3.01. The first-order chi connectivity index (χ1) is 13.7. The van der Waals surface area contributed by atoms with Gasteiger partial charge in [-0.25, -0.2) is 9.89 Å². The van der Waals surface area contributed by atoms with Crippen LogP contribution < -0.4 is 5.69 Å². The third kappa shape index (κ3) is 4.23. The van der Waals surface area contributed by atoms with Gasteiger partial charge in [0.15, 0.2) is 11.0 Å². The largest absolute Gasteiger partial charge is 0.343 e. The van der Waals surface area contributed by atoms with Crippen LogP contribution >= 0.6 is 11.8 Å². The molecule has 4 rings (SSSR count). The number of nitrogens with one attached hydrogen (secondary N) is 1. The van der Waals surface area contributed by atoms with Gasteiger partial charge in [-0.2, -0.15) is 4.98 Å². The minimum atomic E-state index is -0.216. The van der Waals surface area contributed by atoms with Crippen LogP contribution in [0.4, 0.5) is 0 Å². The zero-order valence-electron chi connectivity index (χ0n) is 15.3. The zero-order chi connectivity index (χ0) is 19.3. The normalized spacial score (nSPS) is 11.0. The molecule has 28 heavy (non-hydrogen) atoms. The van der Waals surface area contributed by atoms with Crippen LogP contribution in [-0.2, 0) is 18.7 Å². The molecule has 2 aromatic carbocycles. The van der Waals surface area contributed by atoms with Gasteiger partial charge in [-0.1, -0.05) is 64.9 Å². The maximum Gasteiger partial charge on any atom is 0.343 e. The van der Waals surface area contributed by atoms with E-state index in [2.05, 4.69) is 20.3 Å². The molecular formula is C20H19N5O2S. The van der Waals surface area contributed by atoms with Crippen LogP contribution in [0.1, 0.15) is 17.0 Å². The number of H-pyrrole nitrogens is 1. The van der Waals surface area contributed by atoms with Gasteiger partial charge in [0.05, 0.1) is 5.75 Å². The van der Waals surface area contributed by atoms with E-state index < -0.39 is 0 Å². The lowest BCUT2D eigenvalue weighted by molar-refractivity contribution is 0.425. The molecule has 4 aromatic rings. The van der Waals surface area contributed by atoms with E-state index in [0.29, 0.717) is 29.2 Å². The highest BCUT2D eigenvalue weighted by Gasteiger charge is 2.13. The highest BCUT2D eigenvalue weighted by molar-refractivity contribution is 7.98. The second kappa shape index (κ2) is 8.26. The van der Waals surface area contributed by atoms with Gasteiger partial charge in [-0.05, 0) is 31.0 Å². The van der Waals surface area contributed by atoms with E-state index in [-0.39, 0.29) is 5.69 Å². The second-order valence-corrected chi connectivity index (χ2v) is 7.31. The Kier molecular flexibility index (Phi) is 5.38. The maximum atomic E-state index is 12.1. The van der Waals surface area contributed by atoms with Crippen molar-refractivity contribution in [2.45, 2.75) is 30.8 Å². The van der Waals surface area contributed by atoms with E-state index in [9.17, 15) is 4.79 Å². The summed E-state index contributed by atoms with van der Waals surface area (Å²) in [4.78, 5) is 16.5. The molecule has 7 nitrogen and oxygen atoms in total. The summed E-state index contributed by atoms with van der Waals surface area (Å²) in [5.74, 6) is 1.51. The van der Waals surface area contributed by atoms with E-state index in [4.69, 9.17) is 4.52 Å². The lowest BCUT2D eigenvalue weighted by atomic mass is 10.1. The fraction of sp³-hybridized carbons (Fsp3) is 0.200. The fourth-order valence-electron chi connectivity index (χ4n) is 2.75. The number of nitrogens with zero attached hydrogens (tertiary/aromatic N) is 4. The summed E-state index contributed by atoms with van der Waals surface area (Å²) in [6.45, 7) is 2.59. The molecular weight excluding hydrogens is 374 g/mol. The Bertz CT molecular complexity index is 1100. The van der Waals surface area contributed by atoms with Gasteiger partial charge >= 0.3 is 5.69 Å². The van der Waals surface area contributed by atoms with Gasteiger partial charge in [0, 0.05) is 12.1 Å². The first-order valence-electron chi connectivity index (χ1n) is 8.90. The lowest BCUT2D eigenvalue weighted by Crippen LogP contribution is -2.18. The predicted molar refractivity (Wildman–Crippen MR) is 107 cm³/mol. The fourth-order valence-corrected chi connectivity index (χ4v) is 3.57. The Balaban J connectivity index is 1.41. The van der Waals surface area contributed by atoms with E-state index in [1.165, 1.54) is 22.9 Å². The summed E-state index contributed by atoms with van der Waals surface area (Å²) in [7, 11) is 0. The number of hydrogen-bond acceptors (Lipinski definition) is 6. The van der Waals surface area contributed by atoms with Gasteiger partial charge in [-0.3, -0.25) is 4.57 Å². The van der Waals surface area contributed by atoms with E-state index in [0.717, 1.165) is 12.0 Å². The van der Waals surface area contributed by atoms with Crippen LogP contribution in [0.15, 0.2) is 69.1 Å². The third-order valence-corrected chi connectivity index (χ3v) is 5.26. The summed E-state index contributed by atoms with van der Waals surface area (Å²) in [6, 6.07) is 18.0. The standard InChI is InChI=1S/C20H19N5O2S/c1-14-7-9-16(10-8-14)18-21-17(24-27-18)13-28-20-23-22-19(26)25(20)12-11-15-5-3-2-4-6-15/h2-10H,11-13H2,1H3,(H,22,26). The Morgan fingerprint density at radius 3 is 2.68 bits per heavy atom. The molecule has 0 atom stereocenters. The van der Waals surface area contributed by atoms with Gasteiger partial charge in [0.1, 0.15) is 0 Å². The quantitative estimate of drug-likeness (QED) is 0.484. The Morgan fingerprint density at radius 2 is 1.89 bits per heavy atom. The number of hydrogen-bond donors (Lipinski definition) is 1. The molecule has 0 saturated carbocycles. The lowest BCUT2D eigenvalue weighted by Gasteiger charge is -2.04. The minimum absolute atomic E-state index is 0.216. The molecule has 142 valence electrons. The number of rotatable bonds is 7. The van der Waals surface area contributed by atoms with Gasteiger partial charge in [-0.15, -0.1) is 5.10 Å². The number of benzene rings is 2. The zero-order valence-corrected chi connectivity index (χ0v) is 16.1. The molecule has 2 aromatic heterocycles. The van der Waals surface area contributed by atoms with Crippen molar-refractivity contribution in [1.29, 1.82) is 0 Å². The Morgan fingerprint density at radius 1 is 1.11 bits per heavy atom.